The standard InChI is InChI=1S/C17H25BrN2O2/c18-15-4-1-3-14(11-15)17-5-2-6-20(17)13-16(21)12-19-7-9-22-10-8-19/h1,3-4,11,16-17,21H,2,5-10,12-13H2. The second kappa shape index (κ2) is 7.88. The Morgan fingerprint density at radius 1 is 1.23 bits per heavy atom. The lowest BCUT2D eigenvalue weighted by atomic mass is 10.0. The van der Waals surface area contributed by atoms with Gasteiger partial charge in [-0.1, -0.05) is 28.1 Å². The number of aliphatic hydroxyl groups is 1. The molecule has 0 radical (unpaired) electrons. The molecule has 0 spiro atoms. The van der Waals surface area contributed by atoms with Gasteiger partial charge in [-0.15, -0.1) is 0 Å². The number of halogens is 1. The third-order valence-corrected chi connectivity index (χ3v) is 5.11. The molecule has 2 aliphatic rings. The van der Waals surface area contributed by atoms with E-state index in [0.29, 0.717) is 6.04 Å². The molecule has 2 atom stereocenters. The summed E-state index contributed by atoms with van der Waals surface area (Å²) in [6.45, 7) is 6.05. The maximum absolute atomic E-state index is 10.4. The summed E-state index contributed by atoms with van der Waals surface area (Å²) in [7, 11) is 0. The van der Waals surface area contributed by atoms with E-state index in [4.69, 9.17) is 4.74 Å². The maximum atomic E-state index is 10.4. The predicted octanol–water partition coefficient (Wildman–Crippen LogP) is 2.28. The molecule has 3 rings (SSSR count). The highest BCUT2D eigenvalue weighted by atomic mass is 79.9. The van der Waals surface area contributed by atoms with Crippen molar-refractivity contribution in [3.05, 3.63) is 34.3 Å². The fourth-order valence-corrected chi connectivity index (χ4v) is 3.96. The molecule has 0 amide bonds. The molecule has 2 heterocycles. The first-order valence-electron chi connectivity index (χ1n) is 8.20. The number of hydrogen-bond acceptors (Lipinski definition) is 4. The summed E-state index contributed by atoms with van der Waals surface area (Å²) in [4.78, 5) is 4.74. The minimum absolute atomic E-state index is 0.286. The van der Waals surface area contributed by atoms with E-state index in [-0.39, 0.29) is 6.10 Å². The highest BCUT2D eigenvalue weighted by Gasteiger charge is 2.28. The number of morpholine rings is 1. The third kappa shape index (κ3) is 4.30. The largest absolute Gasteiger partial charge is 0.390 e. The van der Waals surface area contributed by atoms with Crippen molar-refractivity contribution in [2.24, 2.45) is 0 Å². The molecule has 5 heteroatoms. The molecule has 2 fully saturated rings. The monoisotopic (exact) mass is 368 g/mol. The van der Waals surface area contributed by atoms with Crippen molar-refractivity contribution in [3.63, 3.8) is 0 Å². The van der Waals surface area contributed by atoms with Crippen molar-refractivity contribution in [2.75, 3.05) is 45.9 Å². The Bertz CT molecular complexity index is 479. The van der Waals surface area contributed by atoms with Crippen molar-refractivity contribution in [3.8, 4) is 0 Å². The van der Waals surface area contributed by atoms with Gasteiger partial charge in [0.1, 0.15) is 0 Å². The molecular weight excluding hydrogens is 344 g/mol. The van der Waals surface area contributed by atoms with E-state index >= 15 is 0 Å². The molecule has 2 unspecified atom stereocenters. The van der Waals surface area contributed by atoms with Crippen LogP contribution in [0, 0.1) is 0 Å². The summed E-state index contributed by atoms with van der Waals surface area (Å²) >= 11 is 3.56. The molecule has 1 aromatic carbocycles. The summed E-state index contributed by atoms with van der Waals surface area (Å²) in [5.41, 5.74) is 1.35. The SMILES string of the molecule is OC(CN1CCOCC1)CN1CCCC1c1cccc(Br)c1. The molecule has 22 heavy (non-hydrogen) atoms. The van der Waals surface area contributed by atoms with Gasteiger partial charge >= 0.3 is 0 Å². The molecule has 0 aliphatic carbocycles. The zero-order valence-corrected chi connectivity index (χ0v) is 14.5. The van der Waals surface area contributed by atoms with E-state index in [1.54, 1.807) is 0 Å². The lowest BCUT2D eigenvalue weighted by Gasteiger charge is -2.32. The van der Waals surface area contributed by atoms with Gasteiger partial charge in [0.25, 0.3) is 0 Å². The first-order valence-corrected chi connectivity index (χ1v) is 8.99. The van der Waals surface area contributed by atoms with Gasteiger partial charge < -0.3 is 9.84 Å². The summed E-state index contributed by atoms with van der Waals surface area (Å²) in [6.07, 6.45) is 2.10. The van der Waals surface area contributed by atoms with Gasteiger partial charge in [0, 0.05) is 36.7 Å². The van der Waals surface area contributed by atoms with Gasteiger partial charge in [0.2, 0.25) is 0 Å². The number of hydrogen-bond donors (Lipinski definition) is 1. The number of likely N-dealkylation sites (tertiary alicyclic amines) is 1. The van der Waals surface area contributed by atoms with Crippen LogP contribution >= 0.6 is 15.9 Å². The Morgan fingerprint density at radius 3 is 2.82 bits per heavy atom. The van der Waals surface area contributed by atoms with Crippen LogP contribution in [0.1, 0.15) is 24.4 Å². The molecule has 4 nitrogen and oxygen atoms in total. The quantitative estimate of drug-likeness (QED) is 0.864. The number of nitrogens with zero attached hydrogens (tertiary/aromatic N) is 2. The van der Waals surface area contributed by atoms with Crippen LogP contribution in [-0.2, 0) is 4.74 Å². The summed E-state index contributed by atoms with van der Waals surface area (Å²) in [5.74, 6) is 0. The average molecular weight is 369 g/mol. The Hall–Kier alpha value is -0.460. The second-order valence-corrected chi connectivity index (χ2v) is 7.19. The van der Waals surface area contributed by atoms with Crippen molar-refractivity contribution < 1.29 is 9.84 Å². The van der Waals surface area contributed by atoms with Crippen LogP contribution in [0.2, 0.25) is 0 Å². The van der Waals surface area contributed by atoms with E-state index in [0.717, 1.165) is 50.4 Å². The van der Waals surface area contributed by atoms with Gasteiger partial charge in [0.15, 0.2) is 0 Å². The molecule has 0 aromatic heterocycles. The summed E-state index contributed by atoms with van der Waals surface area (Å²) < 4.78 is 6.49. The van der Waals surface area contributed by atoms with Crippen molar-refractivity contribution in [1.29, 1.82) is 0 Å². The fraction of sp³-hybridized carbons (Fsp3) is 0.647. The van der Waals surface area contributed by atoms with Gasteiger partial charge in [-0.25, -0.2) is 0 Å². The minimum atomic E-state index is -0.286. The average Bonchev–Trinajstić information content (AvgIpc) is 2.96. The zero-order valence-electron chi connectivity index (χ0n) is 13.0. The van der Waals surface area contributed by atoms with Crippen LogP contribution in [-0.4, -0.2) is 66.9 Å². The summed E-state index contributed by atoms with van der Waals surface area (Å²) in [5, 5.41) is 10.4. The number of ether oxygens (including phenoxy) is 1. The summed E-state index contributed by atoms with van der Waals surface area (Å²) in [6, 6.07) is 9.01. The van der Waals surface area contributed by atoms with E-state index in [1.165, 1.54) is 18.4 Å². The van der Waals surface area contributed by atoms with E-state index < -0.39 is 0 Å². The molecular formula is C17H25BrN2O2. The van der Waals surface area contributed by atoms with Crippen LogP contribution in [0.5, 0.6) is 0 Å². The Kier molecular flexibility index (Phi) is 5.88. The molecule has 2 aliphatic heterocycles. The van der Waals surface area contributed by atoms with E-state index in [9.17, 15) is 5.11 Å². The molecule has 1 aromatic rings. The molecule has 0 saturated carbocycles. The van der Waals surface area contributed by atoms with Crippen molar-refractivity contribution >= 4 is 15.9 Å². The van der Waals surface area contributed by atoms with Crippen molar-refractivity contribution in [2.45, 2.75) is 25.0 Å². The first kappa shape index (κ1) is 16.4. The van der Waals surface area contributed by atoms with Crippen LogP contribution in [0.15, 0.2) is 28.7 Å². The second-order valence-electron chi connectivity index (χ2n) is 6.27. The fourth-order valence-electron chi connectivity index (χ4n) is 3.55. The maximum Gasteiger partial charge on any atom is 0.0794 e. The van der Waals surface area contributed by atoms with Gasteiger partial charge in [-0.05, 0) is 37.1 Å². The normalized spacial score (nSPS) is 25.5. The van der Waals surface area contributed by atoms with Gasteiger partial charge in [-0.3, -0.25) is 9.80 Å². The van der Waals surface area contributed by atoms with Crippen LogP contribution in [0.4, 0.5) is 0 Å². The van der Waals surface area contributed by atoms with Crippen LogP contribution in [0.3, 0.4) is 0 Å². The number of rotatable bonds is 5. The highest BCUT2D eigenvalue weighted by Crippen LogP contribution is 2.33. The van der Waals surface area contributed by atoms with Gasteiger partial charge in [-0.2, -0.15) is 0 Å². The highest BCUT2D eigenvalue weighted by molar-refractivity contribution is 9.10. The number of β-amino-alcohol motifs (C(OH)–C–C–N with tert-alkyl or cyclic N) is 1. The smallest absolute Gasteiger partial charge is 0.0794 e. The number of aliphatic hydroxyl groups excluding tert-OH is 1. The first-order chi connectivity index (χ1) is 10.7. The van der Waals surface area contributed by atoms with Crippen molar-refractivity contribution in [1.82, 2.24) is 9.80 Å². The zero-order chi connectivity index (χ0) is 15.4. The molecule has 0 bridgehead atoms. The Labute approximate surface area is 141 Å². The number of benzene rings is 1. The topological polar surface area (TPSA) is 35.9 Å². The van der Waals surface area contributed by atoms with E-state index in [1.807, 2.05) is 0 Å². The molecule has 2 saturated heterocycles. The lowest BCUT2D eigenvalue weighted by molar-refractivity contribution is 0.00585. The lowest BCUT2D eigenvalue weighted by Crippen LogP contribution is -2.44. The van der Waals surface area contributed by atoms with Crippen LogP contribution < -0.4 is 0 Å². The van der Waals surface area contributed by atoms with Crippen LogP contribution in [0.25, 0.3) is 0 Å². The third-order valence-electron chi connectivity index (χ3n) is 4.62. The minimum Gasteiger partial charge on any atom is -0.390 e. The molecule has 122 valence electrons. The predicted molar refractivity (Wildman–Crippen MR) is 91.0 cm³/mol. The Balaban J connectivity index is 1.56. The molecule has 1 N–H and O–H groups in total. The Morgan fingerprint density at radius 2 is 2.05 bits per heavy atom. The van der Waals surface area contributed by atoms with Gasteiger partial charge in [0.05, 0.1) is 19.3 Å². The van der Waals surface area contributed by atoms with E-state index in [2.05, 4.69) is 50.0 Å².